The maximum Gasteiger partial charge on any atom is 0.196 e. The van der Waals surface area contributed by atoms with Crippen LogP contribution in [0, 0.1) is 0 Å². The molecule has 2 nitrogen and oxygen atoms in total. The van der Waals surface area contributed by atoms with Crippen molar-refractivity contribution >= 4 is 21.7 Å². The van der Waals surface area contributed by atoms with Crippen LogP contribution >= 0.6 is 15.9 Å². The fourth-order valence-electron chi connectivity index (χ4n) is 2.21. The molecular weight excluding hydrogens is 328 g/mol. The Kier molecular flexibility index (Phi) is 5.18. The molecular formula is C18H19BrO2. The molecule has 0 N–H and O–H groups in total. The summed E-state index contributed by atoms with van der Waals surface area (Å²) in [7, 11) is 1.57. The summed E-state index contributed by atoms with van der Waals surface area (Å²) in [5.41, 5.74) is 2.52. The molecule has 0 saturated carbocycles. The SMILES string of the molecule is CCC(C)c1ccc(C(=O)c2ccc(Br)cc2OC)cc1. The van der Waals surface area contributed by atoms with Crippen LogP contribution < -0.4 is 4.74 Å². The van der Waals surface area contributed by atoms with E-state index in [4.69, 9.17) is 4.74 Å². The number of hydrogen-bond donors (Lipinski definition) is 0. The molecule has 0 saturated heterocycles. The van der Waals surface area contributed by atoms with Crippen molar-refractivity contribution in [1.29, 1.82) is 0 Å². The van der Waals surface area contributed by atoms with Crippen molar-refractivity contribution in [3.05, 3.63) is 63.6 Å². The number of carbonyl (C=O) groups excluding carboxylic acids is 1. The number of methoxy groups -OCH3 is 1. The Labute approximate surface area is 134 Å². The summed E-state index contributed by atoms with van der Waals surface area (Å²) in [6.45, 7) is 4.35. The maximum absolute atomic E-state index is 12.6. The van der Waals surface area contributed by atoms with Crippen molar-refractivity contribution in [1.82, 2.24) is 0 Å². The van der Waals surface area contributed by atoms with Crippen LogP contribution in [0.3, 0.4) is 0 Å². The van der Waals surface area contributed by atoms with E-state index in [1.54, 1.807) is 19.2 Å². The van der Waals surface area contributed by atoms with E-state index in [9.17, 15) is 4.79 Å². The Hall–Kier alpha value is -1.61. The lowest BCUT2D eigenvalue weighted by atomic mass is 9.95. The van der Waals surface area contributed by atoms with Crippen molar-refractivity contribution in [2.45, 2.75) is 26.2 Å². The van der Waals surface area contributed by atoms with Crippen LogP contribution in [0.2, 0.25) is 0 Å². The quantitative estimate of drug-likeness (QED) is 0.695. The number of halogens is 1. The molecule has 1 unspecified atom stereocenters. The van der Waals surface area contributed by atoms with Gasteiger partial charge in [-0.3, -0.25) is 4.79 Å². The minimum Gasteiger partial charge on any atom is -0.496 e. The van der Waals surface area contributed by atoms with Crippen molar-refractivity contribution < 1.29 is 9.53 Å². The average Bonchev–Trinajstić information content (AvgIpc) is 2.53. The molecule has 110 valence electrons. The first-order valence-electron chi connectivity index (χ1n) is 7.05. The van der Waals surface area contributed by atoms with Crippen LogP contribution in [0.25, 0.3) is 0 Å². The normalized spacial score (nSPS) is 12.0. The molecule has 0 fully saturated rings. The third-order valence-corrected chi connectivity index (χ3v) is 4.26. The second kappa shape index (κ2) is 6.90. The van der Waals surface area contributed by atoms with Crippen LogP contribution in [0.1, 0.15) is 47.7 Å². The van der Waals surface area contributed by atoms with E-state index >= 15 is 0 Å². The van der Waals surface area contributed by atoms with Gasteiger partial charge in [-0.2, -0.15) is 0 Å². The van der Waals surface area contributed by atoms with Crippen LogP contribution in [0.5, 0.6) is 5.75 Å². The second-order valence-electron chi connectivity index (χ2n) is 5.11. The Morgan fingerprint density at radius 2 is 1.86 bits per heavy atom. The van der Waals surface area contributed by atoms with Crippen LogP contribution in [0.15, 0.2) is 46.9 Å². The molecule has 1 atom stereocenters. The number of ketones is 1. The third-order valence-electron chi connectivity index (χ3n) is 3.76. The van der Waals surface area contributed by atoms with Crippen LogP contribution in [-0.2, 0) is 0 Å². The predicted molar refractivity (Wildman–Crippen MR) is 89.3 cm³/mol. The summed E-state index contributed by atoms with van der Waals surface area (Å²) in [6.07, 6.45) is 1.09. The number of benzene rings is 2. The van der Waals surface area contributed by atoms with Gasteiger partial charge in [-0.05, 0) is 36.1 Å². The van der Waals surface area contributed by atoms with Crippen LogP contribution in [0.4, 0.5) is 0 Å². The minimum absolute atomic E-state index is 0.0185. The molecule has 2 rings (SSSR count). The molecule has 3 heteroatoms. The van der Waals surface area contributed by atoms with Crippen molar-refractivity contribution in [2.75, 3.05) is 7.11 Å². The molecule has 0 bridgehead atoms. The summed E-state index contributed by atoms with van der Waals surface area (Å²) in [4.78, 5) is 12.6. The van der Waals surface area contributed by atoms with Crippen molar-refractivity contribution in [3.63, 3.8) is 0 Å². The molecule has 0 spiro atoms. The number of ether oxygens (including phenoxy) is 1. The van der Waals surface area contributed by atoms with Gasteiger partial charge in [0, 0.05) is 10.0 Å². The molecule has 21 heavy (non-hydrogen) atoms. The minimum atomic E-state index is -0.0185. The largest absolute Gasteiger partial charge is 0.496 e. The molecule has 0 aliphatic carbocycles. The van der Waals surface area contributed by atoms with Gasteiger partial charge in [-0.15, -0.1) is 0 Å². The van der Waals surface area contributed by atoms with Gasteiger partial charge >= 0.3 is 0 Å². The van der Waals surface area contributed by atoms with E-state index in [1.807, 2.05) is 30.3 Å². The van der Waals surface area contributed by atoms with Gasteiger partial charge in [0.15, 0.2) is 5.78 Å². The van der Waals surface area contributed by atoms with E-state index < -0.39 is 0 Å². The fraction of sp³-hybridized carbons (Fsp3) is 0.278. The standard InChI is InChI=1S/C18H19BrO2/c1-4-12(2)13-5-7-14(8-6-13)18(20)16-10-9-15(19)11-17(16)21-3/h5-12H,4H2,1-3H3. The zero-order valence-corrected chi connectivity index (χ0v) is 14.1. The smallest absolute Gasteiger partial charge is 0.196 e. The van der Waals surface area contributed by atoms with Gasteiger partial charge in [-0.1, -0.05) is 54.0 Å². The highest BCUT2D eigenvalue weighted by atomic mass is 79.9. The van der Waals surface area contributed by atoms with Crippen LogP contribution in [-0.4, -0.2) is 12.9 Å². The highest BCUT2D eigenvalue weighted by molar-refractivity contribution is 9.10. The maximum atomic E-state index is 12.6. The lowest BCUT2D eigenvalue weighted by Crippen LogP contribution is -2.04. The van der Waals surface area contributed by atoms with Gasteiger partial charge in [-0.25, -0.2) is 0 Å². The first kappa shape index (κ1) is 15.8. The predicted octanol–water partition coefficient (Wildman–Crippen LogP) is 5.20. The van der Waals surface area contributed by atoms with Gasteiger partial charge < -0.3 is 4.74 Å². The highest BCUT2D eigenvalue weighted by Crippen LogP contribution is 2.26. The Morgan fingerprint density at radius 1 is 1.19 bits per heavy atom. The summed E-state index contributed by atoms with van der Waals surface area (Å²) < 4.78 is 6.19. The molecule has 0 aliphatic rings. The summed E-state index contributed by atoms with van der Waals surface area (Å²) in [5.74, 6) is 1.08. The Morgan fingerprint density at radius 3 is 2.43 bits per heavy atom. The van der Waals surface area contributed by atoms with E-state index in [0.29, 0.717) is 22.8 Å². The monoisotopic (exact) mass is 346 g/mol. The highest BCUT2D eigenvalue weighted by Gasteiger charge is 2.15. The second-order valence-corrected chi connectivity index (χ2v) is 6.02. The number of rotatable bonds is 5. The molecule has 2 aromatic carbocycles. The summed E-state index contributed by atoms with van der Waals surface area (Å²) >= 11 is 3.38. The molecule has 0 aliphatic heterocycles. The van der Waals surface area contributed by atoms with E-state index in [0.717, 1.165) is 10.9 Å². The van der Waals surface area contributed by atoms with Gasteiger partial charge in [0.1, 0.15) is 5.75 Å². The summed E-state index contributed by atoms with van der Waals surface area (Å²) in [5, 5.41) is 0. The van der Waals surface area contributed by atoms with E-state index in [1.165, 1.54) is 5.56 Å². The average molecular weight is 347 g/mol. The van der Waals surface area contributed by atoms with Crippen molar-refractivity contribution in [2.24, 2.45) is 0 Å². The number of hydrogen-bond acceptors (Lipinski definition) is 2. The molecule has 0 radical (unpaired) electrons. The summed E-state index contributed by atoms with van der Waals surface area (Å²) in [6, 6.07) is 13.3. The molecule has 0 heterocycles. The molecule has 0 amide bonds. The first-order valence-corrected chi connectivity index (χ1v) is 7.84. The topological polar surface area (TPSA) is 26.3 Å². The lowest BCUT2D eigenvalue weighted by molar-refractivity contribution is 0.103. The third kappa shape index (κ3) is 3.53. The van der Waals surface area contributed by atoms with Gasteiger partial charge in [0.25, 0.3) is 0 Å². The van der Waals surface area contributed by atoms with E-state index in [2.05, 4.69) is 29.8 Å². The number of carbonyl (C=O) groups is 1. The zero-order chi connectivity index (χ0) is 15.4. The van der Waals surface area contributed by atoms with E-state index in [-0.39, 0.29) is 5.78 Å². The first-order chi connectivity index (χ1) is 10.1. The Bertz CT molecular complexity index is 632. The van der Waals surface area contributed by atoms with Crippen molar-refractivity contribution in [3.8, 4) is 5.75 Å². The molecule has 0 aromatic heterocycles. The molecule has 2 aromatic rings. The van der Waals surface area contributed by atoms with Gasteiger partial charge in [0.2, 0.25) is 0 Å². The Balaban J connectivity index is 2.32. The fourth-order valence-corrected chi connectivity index (χ4v) is 2.55. The zero-order valence-electron chi connectivity index (χ0n) is 12.5. The lowest BCUT2D eigenvalue weighted by Gasteiger charge is -2.11. The van der Waals surface area contributed by atoms with Gasteiger partial charge in [0.05, 0.1) is 12.7 Å².